The van der Waals surface area contributed by atoms with E-state index < -0.39 is 12.4 Å². The van der Waals surface area contributed by atoms with Crippen LogP contribution in [0.2, 0.25) is 0 Å². The fourth-order valence-electron chi connectivity index (χ4n) is 1.09. The summed E-state index contributed by atoms with van der Waals surface area (Å²) in [6, 6.07) is 3.59. The van der Waals surface area contributed by atoms with Crippen LogP contribution in [0.5, 0.6) is 11.5 Å². The molecule has 0 aliphatic carbocycles. The minimum Gasteiger partial charge on any atom is -0.504 e. The molecular formula is C10H10F2O3. The van der Waals surface area contributed by atoms with E-state index in [0.29, 0.717) is 0 Å². The van der Waals surface area contributed by atoms with E-state index in [2.05, 4.69) is 4.74 Å². The van der Waals surface area contributed by atoms with Crippen molar-refractivity contribution in [1.29, 1.82) is 0 Å². The fourth-order valence-corrected chi connectivity index (χ4v) is 1.09. The predicted octanol–water partition coefficient (Wildman–Crippen LogP) is 2.59. The molecule has 5 heteroatoms. The molecule has 0 fully saturated rings. The molecule has 0 saturated carbocycles. The predicted molar refractivity (Wildman–Crippen MR) is 49.4 cm³/mol. The SMILES string of the molecule is CCC(=O)c1ccc(OC(F)F)c(O)c1. The topological polar surface area (TPSA) is 46.5 Å². The lowest BCUT2D eigenvalue weighted by molar-refractivity contribution is -0.0512. The van der Waals surface area contributed by atoms with Gasteiger partial charge in [-0.2, -0.15) is 8.78 Å². The van der Waals surface area contributed by atoms with Crippen molar-refractivity contribution in [2.24, 2.45) is 0 Å². The van der Waals surface area contributed by atoms with E-state index in [1.807, 2.05) is 0 Å². The second kappa shape index (κ2) is 4.72. The molecule has 0 aliphatic heterocycles. The Balaban J connectivity index is 2.93. The maximum atomic E-state index is 11.8. The first-order chi connectivity index (χ1) is 7.04. The summed E-state index contributed by atoms with van der Waals surface area (Å²) < 4.78 is 27.7. The van der Waals surface area contributed by atoms with Crippen molar-refractivity contribution in [3.05, 3.63) is 23.8 Å². The van der Waals surface area contributed by atoms with Crippen LogP contribution in [0.25, 0.3) is 0 Å². The van der Waals surface area contributed by atoms with Gasteiger partial charge >= 0.3 is 6.61 Å². The number of phenolic OH excluding ortho intramolecular Hbond substituents is 1. The van der Waals surface area contributed by atoms with Crippen molar-refractivity contribution < 1.29 is 23.4 Å². The largest absolute Gasteiger partial charge is 0.504 e. The first-order valence-corrected chi connectivity index (χ1v) is 4.35. The number of aromatic hydroxyl groups is 1. The highest BCUT2D eigenvalue weighted by molar-refractivity contribution is 5.96. The molecule has 1 rings (SSSR count). The minimum atomic E-state index is -3.00. The normalized spacial score (nSPS) is 10.4. The molecule has 0 atom stereocenters. The second-order valence-electron chi connectivity index (χ2n) is 2.84. The van der Waals surface area contributed by atoms with Gasteiger partial charge in [-0.1, -0.05) is 6.92 Å². The molecule has 0 spiro atoms. The van der Waals surface area contributed by atoms with Gasteiger partial charge in [-0.15, -0.1) is 0 Å². The summed E-state index contributed by atoms with van der Waals surface area (Å²) in [5.41, 5.74) is 0.275. The first-order valence-electron chi connectivity index (χ1n) is 4.35. The van der Waals surface area contributed by atoms with Crippen molar-refractivity contribution >= 4 is 5.78 Å². The van der Waals surface area contributed by atoms with Crippen molar-refractivity contribution in [1.82, 2.24) is 0 Å². The highest BCUT2D eigenvalue weighted by Crippen LogP contribution is 2.28. The molecule has 1 aromatic rings. The first kappa shape index (κ1) is 11.4. The Hall–Kier alpha value is -1.65. The van der Waals surface area contributed by atoms with Gasteiger partial charge in [-0.3, -0.25) is 4.79 Å². The Morgan fingerprint density at radius 1 is 1.53 bits per heavy atom. The average Bonchev–Trinajstić information content (AvgIpc) is 2.19. The summed E-state index contributed by atoms with van der Waals surface area (Å²) >= 11 is 0. The third-order valence-corrected chi connectivity index (χ3v) is 1.82. The number of Topliss-reactive ketones (excluding diaryl/α,β-unsaturated/α-hetero) is 1. The molecule has 0 saturated heterocycles. The Kier molecular flexibility index (Phi) is 3.60. The highest BCUT2D eigenvalue weighted by Gasteiger charge is 2.11. The molecule has 0 amide bonds. The molecule has 0 aromatic heterocycles. The van der Waals surface area contributed by atoms with Crippen LogP contribution in [0, 0.1) is 0 Å². The van der Waals surface area contributed by atoms with E-state index in [9.17, 15) is 18.7 Å². The Labute approximate surface area is 85.3 Å². The van der Waals surface area contributed by atoms with Crippen LogP contribution >= 0.6 is 0 Å². The van der Waals surface area contributed by atoms with Gasteiger partial charge in [0.2, 0.25) is 0 Å². The molecule has 3 nitrogen and oxygen atoms in total. The number of carbonyl (C=O) groups excluding carboxylic acids is 1. The Bertz CT molecular complexity index is 364. The summed E-state index contributed by atoms with van der Waals surface area (Å²) in [6.45, 7) is -1.33. The number of ketones is 1. The fraction of sp³-hybridized carbons (Fsp3) is 0.300. The van der Waals surface area contributed by atoms with Crippen LogP contribution in [0.1, 0.15) is 23.7 Å². The lowest BCUT2D eigenvalue weighted by atomic mass is 10.1. The van der Waals surface area contributed by atoms with Gasteiger partial charge in [0, 0.05) is 12.0 Å². The molecule has 1 N–H and O–H groups in total. The summed E-state index contributed by atoms with van der Waals surface area (Å²) in [6.07, 6.45) is 0.286. The summed E-state index contributed by atoms with van der Waals surface area (Å²) in [5, 5.41) is 9.27. The molecule has 15 heavy (non-hydrogen) atoms. The summed E-state index contributed by atoms with van der Waals surface area (Å²) in [7, 11) is 0. The summed E-state index contributed by atoms with van der Waals surface area (Å²) in [5.74, 6) is -0.971. The third kappa shape index (κ3) is 2.90. The lowest BCUT2D eigenvalue weighted by Crippen LogP contribution is -2.03. The summed E-state index contributed by atoms with van der Waals surface area (Å²) in [4.78, 5) is 11.2. The number of benzene rings is 1. The van der Waals surface area contributed by atoms with E-state index in [4.69, 9.17) is 0 Å². The zero-order valence-corrected chi connectivity index (χ0v) is 8.04. The number of carbonyl (C=O) groups is 1. The van der Waals surface area contributed by atoms with Gasteiger partial charge in [-0.05, 0) is 18.2 Å². The monoisotopic (exact) mass is 216 g/mol. The zero-order chi connectivity index (χ0) is 11.4. The number of alkyl halides is 2. The van der Waals surface area contributed by atoms with E-state index in [-0.39, 0.29) is 23.5 Å². The Morgan fingerprint density at radius 3 is 2.67 bits per heavy atom. The van der Waals surface area contributed by atoms with Crippen LogP contribution in [0.4, 0.5) is 8.78 Å². The van der Waals surface area contributed by atoms with Crippen LogP contribution < -0.4 is 4.74 Å². The zero-order valence-electron chi connectivity index (χ0n) is 8.04. The number of hydrogen-bond acceptors (Lipinski definition) is 3. The smallest absolute Gasteiger partial charge is 0.387 e. The van der Waals surface area contributed by atoms with Gasteiger partial charge in [0.05, 0.1) is 0 Å². The molecule has 0 heterocycles. The number of ether oxygens (including phenoxy) is 1. The van der Waals surface area contributed by atoms with Gasteiger partial charge in [0.25, 0.3) is 0 Å². The van der Waals surface area contributed by atoms with Crippen molar-refractivity contribution in [3.63, 3.8) is 0 Å². The maximum Gasteiger partial charge on any atom is 0.387 e. The van der Waals surface area contributed by atoms with Crippen molar-refractivity contribution in [2.75, 3.05) is 0 Å². The molecule has 0 bridgehead atoms. The van der Waals surface area contributed by atoms with Gasteiger partial charge in [-0.25, -0.2) is 0 Å². The minimum absolute atomic E-state index is 0.172. The van der Waals surface area contributed by atoms with E-state index in [1.54, 1.807) is 6.92 Å². The van der Waals surface area contributed by atoms with E-state index >= 15 is 0 Å². The molecular weight excluding hydrogens is 206 g/mol. The van der Waals surface area contributed by atoms with E-state index in [1.165, 1.54) is 6.07 Å². The number of phenols is 1. The van der Waals surface area contributed by atoms with Crippen molar-refractivity contribution in [3.8, 4) is 11.5 Å². The van der Waals surface area contributed by atoms with Crippen LogP contribution in [-0.4, -0.2) is 17.5 Å². The number of halogens is 2. The lowest BCUT2D eigenvalue weighted by Gasteiger charge is -2.07. The van der Waals surface area contributed by atoms with Gasteiger partial charge in [0.1, 0.15) is 0 Å². The van der Waals surface area contributed by atoms with E-state index in [0.717, 1.165) is 12.1 Å². The molecule has 1 aromatic carbocycles. The average molecular weight is 216 g/mol. The van der Waals surface area contributed by atoms with Crippen LogP contribution in [0.15, 0.2) is 18.2 Å². The highest BCUT2D eigenvalue weighted by atomic mass is 19.3. The standard InChI is InChI=1S/C10H10F2O3/c1-2-7(13)6-3-4-9(8(14)5-6)15-10(11)12/h3-5,10,14H,2H2,1H3. The number of hydrogen-bond donors (Lipinski definition) is 1. The van der Waals surface area contributed by atoms with Crippen LogP contribution in [-0.2, 0) is 0 Å². The quantitative estimate of drug-likeness (QED) is 0.787. The molecule has 0 unspecified atom stereocenters. The third-order valence-electron chi connectivity index (χ3n) is 1.82. The van der Waals surface area contributed by atoms with Gasteiger partial charge in [0.15, 0.2) is 17.3 Å². The van der Waals surface area contributed by atoms with Gasteiger partial charge < -0.3 is 9.84 Å². The maximum absolute atomic E-state index is 11.8. The van der Waals surface area contributed by atoms with Crippen LogP contribution in [0.3, 0.4) is 0 Å². The van der Waals surface area contributed by atoms with Crippen molar-refractivity contribution in [2.45, 2.75) is 20.0 Å². The second-order valence-corrected chi connectivity index (χ2v) is 2.84. The molecule has 82 valence electrons. The molecule has 0 radical (unpaired) electrons. The Morgan fingerprint density at radius 2 is 2.20 bits per heavy atom. The number of rotatable bonds is 4. The molecule has 0 aliphatic rings.